The van der Waals surface area contributed by atoms with Crippen molar-refractivity contribution in [1.29, 1.82) is 0 Å². The summed E-state index contributed by atoms with van der Waals surface area (Å²) in [5, 5.41) is 0. The van der Waals surface area contributed by atoms with E-state index in [0.717, 1.165) is 26.1 Å². The van der Waals surface area contributed by atoms with Gasteiger partial charge in [0.15, 0.2) is 6.49 Å². The fourth-order valence-corrected chi connectivity index (χ4v) is 2.34. The number of rotatable bonds is 8. The van der Waals surface area contributed by atoms with Crippen LogP contribution in [0.25, 0.3) is 0 Å². The second-order valence-corrected chi connectivity index (χ2v) is 8.85. The first kappa shape index (κ1) is 15.6. The van der Waals surface area contributed by atoms with E-state index in [1.807, 2.05) is 6.66 Å². The molecule has 0 bridgehead atoms. The largest absolute Gasteiger partial charge is 0.329 e. The van der Waals surface area contributed by atoms with Crippen LogP contribution in [0.15, 0.2) is 0 Å². The molecule has 0 saturated heterocycles. The van der Waals surface area contributed by atoms with E-state index in [1.165, 1.54) is 0 Å². The molecule has 0 heterocycles. The Morgan fingerprint density at radius 1 is 0.933 bits per heavy atom. The van der Waals surface area contributed by atoms with Crippen LogP contribution in [0.5, 0.6) is 0 Å². The van der Waals surface area contributed by atoms with Crippen LogP contribution in [0.3, 0.4) is 0 Å². The van der Waals surface area contributed by atoms with Gasteiger partial charge in [0.05, 0.1) is 13.2 Å². The number of hydrogen-bond donors (Lipinski definition) is 0. The fraction of sp³-hybridized carbons (Fsp3) is 1.00. The molecule has 0 N–H and O–H groups in total. The Morgan fingerprint density at radius 2 is 1.27 bits per heavy atom. The van der Waals surface area contributed by atoms with Crippen LogP contribution >= 0.6 is 6.49 Å². The smallest absolute Gasteiger partial charge is 0.185 e. The summed E-state index contributed by atoms with van der Waals surface area (Å²) in [5.74, 6) is 1.33. The Hall–Kier alpha value is 0.570. The van der Waals surface area contributed by atoms with Crippen molar-refractivity contribution in [2.24, 2.45) is 11.8 Å². The lowest BCUT2D eigenvalue weighted by Gasteiger charge is -2.19. The van der Waals surface area contributed by atoms with Gasteiger partial charge < -0.3 is 9.05 Å². The van der Waals surface area contributed by atoms with E-state index in [1.54, 1.807) is 0 Å². The van der Waals surface area contributed by atoms with E-state index in [4.69, 9.17) is 20.9 Å². The molecule has 92 valence electrons. The molecule has 0 rings (SSSR count). The Morgan fingerprint density at radius 3 is 1.53 bits per heavy atom. The second kappa shape index (κ2) is 7.78. The lowest BCUT2D eigenvalue weighted by Crippen LogP contribution is -2.02. The van der Waals surface area contributed by atoms with Gasteiger partial charge in [0.1, 0.15) is 0 Å². The van der Waals surface area contributed by atoms with Crippen molar-refractivity contribution in [3.63, 3.8) is 0 Å². The highest BCUT2D eigenvalue weighted by Gasteiger charge is 2.11. The van der Waals surface area contributed by atoms with Crippen molar-refractivity contribution in [2.45, 2.75) is 40.5 Å². The van der Waals surface area contributed by atoms with Gasteiger partial charge in [-0.25, -0.2) is 0 Å². The van der Waals surface area contributed by atoms with E-state index in [-0.39, 0.29) is 0 Å². The Bertz CT molecular complexity index is 187. The molecule has 0 spiro atoms. The normalized spacial score (nSPS) is 12.7. The van der Waals surface area contributed by atoms with Gasteiger partial charge in [-0.3, -0.25) is 0 Å². The molecule has 0 aromatic carbocycles. The molecular weight excluding hydrogens is 227 g/mol. The average molecular weight is 252 g/mol. The van der Waals surface area contributed by atoms with Crippen molar-refractivity contribution in [3.05, 3.63) is 0 Å². The lowest BCUT2D eigenvalue weighted by atomic mass is 10.2. The molecule has 2 nitrogen and oxygen atoms in total. The molecule has 0 amide bonds. The van der Waals surface area contributed by atoms with Gasteiger partial charge in [0, 0.05) is 6.66 Å². The van der Waals surface area contributed by atoms with E-state index in [2.05, 4.69) is 27.7 Å². The van der Waals surface area contributed by atoms with Crippen LogP contribution in [0.4, 0.5) is 0 Å². The van der Waals surface area contributed by atoms with Gasteiger partial charge in [-0.05, 0) is 36.5 Å². The summed E-state index contributed by atoms with van der Waals surface area (Å²) in [6.45, 7) is 10.1. The first-order valence-corrected chi connectivity index (χ1v) is 8.78. The maximum absolute atomic E-state index is 5.63. The van der Waals surface area contributed by atoms with E-state index in [0.29, 0.717) is 11.8 Å². The van der Waals surface area contributed by atoms with Crippen molar-refractivity contribution in [3.8, 4) is 0 Å². The van der Waals surface area contributed by atoms with Crippen LogP contribution in [-0.2, 0) is 20.9 Å². The predicted molar refractivity (Wildman–Crippen MR) is 71.0 cm³/mol. The first-order valence-electron chi connectivity index (χ1n) is 5.70. The molecule has 15 heavy (non-hydrogen) atoms. The zero-order chi connectivity index (χ0) is 11.9. The summed E-state index contributed by atoms with van der Waals surface area (Å²) in [7, 11) is 0. The first-order chi connectivity index (χ1) is 6.83. The summed E-state index contributed by atoms with van der Waals surface area (Å²) in [5.41, 5.74) is 0. The summed E-state index contributed by atoms with van der Waals surface area (Å²) in [6, 6.07) is 0. The maximum atomic E-state index is 5.63. The quantitative estimate of drug-likeness (QED) is 0.607. The van der Waals surface area contributed by atoms with Crippen LogP contribution in [-0.4, -0.2) is 19.9 Å². The Labute approximate surface area is 99.9 Å². The zero-order valence-electron chi connectivity index (χ0n) is 10.7. The third-order valence-corrected chi connectivity index (χ3v) is 3.98. The van der Waals surface area contributed by atoms with E-state index < -0.39 is 6.49 Å². The van der Waals surface area contributed by atoms with E-state index >= 15 is 0 Å². The molecule has 0 aliphatic carbocycles. The van der Waals surface area contributed by atoms with Crippen molar-refractivity contribution in [2.75, 3.05) is 19.9 Å². The molecule has 0 aromatic rings. The summed E-state index contributed by atoms with van der Waals surface area (Å²) >= 11 is 5.31. The topological polar surface area (TPSA) is 18.5 Å². The monoisotopic (exact) mass is 252 g/mol. The van der Waals surface area contributed by atoms with Gasteiger partial charge in [-0.2, -0.15) is 0 Å². The minimum atomic E-state index is -1.97. The molecule has 4 heteroatoms. The van der Waals surface area contributed by atoms with Crippen molar-refractivity contribution in [1.82, 2.24) is 0 Å². The summed E-state index contributed by atoms with van der Waals surface area (Å²) in [6.07, 6.45) is 2.11. The minimum Gasteiger partial charge on any atom is -0.329 e. The van der Waals surface area contributed by atoms with Gasteiger partial charge in [-0.1, -0.05) is 27.7 Å². The Balaban J connectivity index is 3.63. The van der Waals surface area contributed by atoms with Crippen LogP contribution in [0.1, 0.15) is 40.5 Å². The van der Waals surface area contributed by atoms with Crippen LogP contribution in [0, 0.1) is 11.8 Å². The van der Waals surface area contributed by atoms with Gasteiger partial charge in [0.25, 0.3) is 0 Å². The molecule has 0 atom stereocenters. The molecule has 0 aromatic heterocycles. The highest BCUT2D eigenvalue weighted by Crippen LogP contribution is 2.44. The highest BCUT2D eigenvalue weighted by atomic mass is 32.5. The summed E-state index contributed by atoms with van der Waals surface area (Å²) < 4.78 is 11.3. The second-order valence-electron chi connectivity index (χ2n) is 4.80. The van der Waals surface area contributed by atoms with Crippen molar-refractivity contribution >= 4 is 18.3 Å². The van der Waals surface area contributed by atoms with E-state index in [9.17, 15) is 0 Å². The molecule has 0 saturated carbocycles. The molecule has 0 unspecified atom stereocenters. The SMILES string of the molecule is CC(C)CCOP(C)(=S)OCCC(C)C. The minimum absolute atomic E-state index is 0.663. The van der Waals surface area contributed by atoms with Gasteiger partial charge in [-0.15, -0.1) is 0 Å². The molecule has 0 aliphatic heterocycles. The maximum Gasteiger partial charge on any atom is 0.185 e. The zero-order valence-corrected chi connectivity index (χ0v) is 12.4. The van der Waals surface area contributed by atoms with Crippen LogP contribution in [0.2, 0.25) is 0 Å². The Kier molecular flexibility index (Phi) is 8.08. The fourth-order valence-electron chi connectivity index (χ4n) is 0.946. The lowest BCUT2D eigenvalue weighted by molar-refractivity contribution is 0.229. The molecular formula is C11H25O2PS. The average Bonchev–Trinajstić information content (AvgIpc) is 2.01. The summed E-state index contributed by atoms with van der Waals surface area (Å²) in [4.78, 5) is 0. The third-order valence-electron chi connectivity index (χ3n) is 2.04. The molecule has 0 fully saturated rings. The standard InChI is InChI=1S/C11H25O2PS/c1-10(2)6-8-12-14(5,15)13-9-7-11(3)4/h10-11H,6-9H2,1-5H3. The highest BCUT2D eigenvalue weighted by molar-refractivity contribution is 8.09. The van der Waals surface area contributed by atoms with Gasteiger partial charge in [0.2, 0.25) is 0 Å². The van der Waals surface area contributed by atoms with Gasteiger partial charge >= 0.3 is 0 Å². The predicted octanol–water partition coefficient (Wildman–Crippen LogP) is 4.05. The molecule has 0 aliphatic rings. The third kappa shape index (κ3) is 10.8. The number of hydrogen-bond acceptors (Lipinski definition) is 3. The van der Waals surface area contributed by atoms with Crippen molar-refractivity contribution < 1.29 is 9.05 Å². The molecule has 0 radical (unpaired) electrons. The van der Waals surface area contributed by atoms with Crippen LogP contribution < -0.4 is 0 Å².